The Balaban J connectivity index is 2.49. The van der Waals surface area contributed by atoms with Gasteiger partial charge in [-0.15, -0.1) is 0 Å². The summed E-state index contributed by atoms with van der Waals surface area (Å²) in [7, 11) is 1.58. The molecule has 100 valence electrons. The molecule has 2 aromatic heterocycles. The van der Waals surface area contributed by atoms with Crippen molar-refractivity contribution >= 4 is 21.7 Å². The molecule has 0 bridgehead atoms. The van der Waals surface area contributed by atoms with E-state index >= 15 is 0 Å². The molecule has 0 saturated heterocycles. The summed E-state index contributed by atoms with van der Waals surface area (Å²) in [5, 5.41) is 0. The van der Waals surface area contributed by atoms with Crippen LogP contribution in [0.1, 0.15) is 25.5 Å². The van der Waals surface area contributed by atoms with Crippen molar-refractivity contribution in [1.29, 1.82) is 0 Å². The maximum atomic E-state index is 5.91. The molecule has 0 amide bonds. The molecule has 19 heavy (non-hydrogen) atoms. The Morgan fingerprint density at radius 3 is 2.53 bits per heavy atom. The monoisotopic (exact) mass is 322 g/mol. The molecule has 5 nitrogen and oxygen atoms in total. The van der Waals surface area contributed by atoms with E-state index in [9.17, 15) is 0 Å². The molecule has 0 aliphatic carbocycles. The average molecular weight is 323 g/mol. The predicted octanol–water partition coefficient (Wildman–Crippen LogP) is 3.02. The third kappa shape index (κ3) is 2.84. The van der Waals surface area contributed by atoms with Crippen LogP contribution >= 0.6 is 15.9 Å². The molecular formula is C13H15BrN4O. The molecule has 0 atom stereocenters. The van der Waals surface area contributed by atoms with Gasteiger partial charge in [-0.25, -0.2) is 15.0 Å². The minimum absolute atomic E-state index is 0.254. The summed E-state index contributed by atoms with van der Waals surface area (Å²) in [6.45, 7) is 4.12. The zero-order chi connectivity index (χ0) is 14.0. The van der Waals surface area contributed by atoms with Crippen LogP contribution < -0.4 is 10.5 Å². The van der Waals surface area contributed by atoms with Gasteiger partial charge in [0.15, 0.2) is 5.82 Å². The van der Waals surface area contributed by atoms with E-state index in [4.69, 9.17) is 10.5 Å². The quantitative estimate of drug-likeness (QED) is 0.940. The van der Waals surface area contributed by atoms with Crippen molar-refractivity contribution in [2.24, 2.45) is 0 Å². The van der Waals surface area contributed by atoms with E-state index < -0.39 is 0 Å². The number of ether oxygens (including phenoxy) is 1. The van der Waals surface area contributed by atoms with Crippen molar-refractivity contribution in [1.82, 2.24) is 15.0 Å². The maximum Gasteiger partial charge on any atom is 0.212 e. The van der Waals surface area contributed by atoms with Crippen molar-refractivity contribution in [2.45, 2.75) is 19.8 Å². The van der Waals surface area contributed by atoms with Crippen LogP contribution in [0, 0.1) is 0 Å². The highest BCUT2D eigenvalue weighted by Gasteiger charge is 2.14. The fourth-order valence-electron chi connectivity index (χ4n) is 1.63. The molecule has 2 rings (SSSR count). The number of rotatable bonds is 3. The zero-order valence-corrected chi connectivity index (χ0v) is 12.6. The van der Waals surface area contributed by atoms with Gasteiger partial charge in [0.2, 0.25) is 5.88 Å². The second-order valence-electron chi connectivity index (χ2n) is 4.38. The normalized spacial score (nSPS) is 10.8. The number of nitrogens with two attached hydrogens (primary N) is 1. The first-order chi connectivity index (χ1) is 9.02. The smallest absolute Gasteiger partial charge is 0.212 e. The van der Waals surface area contributed by atoms with Crippen LogP contribution in [0.4, 0.5) is 5.82 Å². The topological polar surface area (TPSA) is 73.9 Å². The Bertz CT molecular complexity index is 584. The van der Waals surface area contributed by atoms with Gasteiger partial charge in [-0.05, 0) is 27.9 Å². The summed E-state index contributed by atoms with van der Waals surface area (Å²) in [5.74, 6) is 1.81. The third-order valence-corrected chi connectivity index (χ3v) is 3.47. The van der Waals surface area contributed by atoms with Gasteiger partial charge < -0.3 is 10.5 Å². The van der Waals surface area contributed by atoms with E-state index in [1.54, 1.807) is 19.4 Å². The van der Waals surface area contributed by atoms with Gasteiger partial charge in [0, 0.05) is 17.8 Å². The standard InChI is InChI=1S/C13H15BrN4O/c1-7(2)11-10(14)12(15)18-13(17-11)8-4-5-9(19-3)16-6-8/h4-7H,1-3H3,(H2,15,17,18). The Morgan fingerprint density at radius 1 is 1.26 bits per heavy atom. The average Bonchev–Trinajstić information content (AvgIpc) is 2.41. The number of methoxy groups -OCH3 is 1. The fraction of sp³-hybridized carbons (Fsp3) is 0.308. The van der Waals surface area contributed by atoms with Crippen molar-refractivity contribution < 1.29 is 4.74 Å². The molecule has 6 heteroatoms. The van der Waals surface area contributed by atoms with Gasteiger partial charge in [-0.3, -0.25) is 0 Å². The second-order valence-corrected chi connectivity index (χ2v) is 5.17. The first-order valence-corrected chi connectivity index (χ1v) is 6.65. The lowest BCUT2D eigenvalue weighted by molar-refractivity contribution is 0.398. The summed E-state index contributed by atoms with van der Waals surface area (Å²) in [6.07, 6.45) is 1.67. The molecule has 0 radical (unpaired) electrons. The van der Waals surface area contributed by atoms with Crippen molar-refractivity contribution in [3.8, 4) is 17.3 Å². The highest BCUT2D eigenvalue weighted by Crippen LogP contribution is 2.29. The van der Waals surface area contributed by atoms with Crippen molar-refractivity contribution in [2.75, 3.05) is 12.8 Å². The maximum absolute atomic E-state index is 5.91. The van der Waals surface area contributed by atoms with E-state index in [0.717, 1.165) is 15.7 Å². The van der Waals surface area contributed by atoms with Gasteiger partial charge in [-0.2, -0.15) is 0 Å². The van der Waals surface area contributed by atoms with Crippen molar-refractivity contribution in [3.05, 3.63) is 28.5 Å². The zero-order valence-electron chi connectivity index (χ0n) is 11.0. The van der Waals surface area contributed by atoms with E-state index in [2.05, 4.69) is 44.7 Å². The summed E-state index contributed by atoms with van der Waals surface area (Å²) in [6, 6.07) is 3.63. The minimum Gasteiger partial charge on any atom is -0.481 e. The van der Waals surface area contributed by atoms with Gasteiger partial charge in [0.25, 0.3) is 0 Å². The summed E-state index contributed by atoms with van der Waals surface area (Å²) < 4.78 is 5.78. The number of anilines is 1. The molecule has 0 unspecified atom stereocenters. The molecule has 0 aliphatic rings. The Morgan fingerprint density at radius 2 is 2.00 bits per heavy atom. The number of hydrogen-bond acceptors (Lipinski definition) is 5. The number of pyridine rings is 1. The largest absolute Gasteiger partial charge is 0.481 e. The predicted molar refractivity (Wildman–Crippen MR) is 78.0 cm³/mol. The lowest BCUT2D eigenvalue weighted by Gasteiger charge is -2.11. The Kier molecular flexibility index (Phi) is 3.99. The number of hydrogen-bond donors (Lipinski definition) is 1. The highest BCUT2D eigenvalue weighted by atomic mass is 79.9. The number of nitrogen functional groups attached to an aromatic ring is 1. The molecule has 0 aliphatic heterocycles. The second kappa shape index (κ2) is 5.52. The number of halogens is 1. The Labute approximate surface area is 120 Å². The van der Waals surface area contributed by atoms with Gasteiger partial charge in [-0.1, -0.05) is 13.8 Å². The van der Waals surface area contributed by atoms with E-state index in [1.165, 1.54) is 0 Å². The number of nitrogens with zero attached hydrogens (tertiary/aromatic N) is 3. The summed E-state index contributed by atoms with van der Waals surface area (Å²) >= 11 is 3.42. The van der Waals surface area contributed by atoms with E-state index in [0.29, 0.717) is 17.5 Å². The summed E-state index contributed by atoms with van der Waals surface area (Å²) in [4.78, 5) is 13.0. The lowest BCUT2D eigenvalue weighted by atomic mass is 10.1. The SMILES string of the molecule is COc1ccc(-c2nc(N)c(Br)c(C(C)C)n2)cn1. The van der Waals surface area contributed by atoms with Gasteiger partial charge >= 0.3 is 0 Å². The molecule has 2 aromatic rings. The van der Waals surface area contributed by atoms with Crippen LogP contribution in [0.5, 0.6) is 5.88 Å². The van der Waals surface area contributed by atoms with Crippen LogP contribution in [0.15, 0.2) is 22.8 Å². The summed E-state index contributed by atoms with van der Waals surface area (Å²) in [5.41, 5.74) is 7.60. The molecule has 2 N–H and O–H groups in total. The third-order valence-electron chi connectivity index (χ3n) is 2.65. The molecule has 2 heterocycles. The van der Waals surface area contributed by atoms with Crippen LogP contribution in [-0.2, 0) is 0 Å². The molecular weight excluding hydrogens is 308 g/mol. The fourth-order valence-corrected chi connectivity index (χ4v) is 2.26. The van der Waals surface area contributed by atoms with E-state index in [-0.39, 0.29) is 5.92 Å². The number of aromatic nitrogens is 3. The first-order valence-electron chi connectivity index (χ1n) is 5.86. The van der Waals surface area contributed by atoms with Gasteiger partial charge in [0.05, 0.1) is 17.3 Å². The molecule has 0 aromatic carbocycles. The van der Waals surface area contributed by atoms with E-state index in [1.807, 2.05) is 6.07 Å². The van der Waals surface area contributed by atoms with Crippen LogP contribution in [-0.4, -0.2) is 22.1 Å². The molecule has 0 fully saturated rings. The van der Waals surface area contributed by atoms with Crippen LogP contribution in [0.3, 0.4) is 0 Å². The lowest BCUT2D eigenvalue weighted by Crippen LogP contribution is -2.04. The van der Waals surface area contributed by atoms with Crippen LogP contribution in [0.2, 0.25) is 0 Å². The highest BCUT2D eigenvalue weighted by molar-refractivity contribution is 9.10. The molecule has 0 saturated carbocycles. The van der Waals surface area contributed by atoms with Crippen LogP contribution in [0.25, 0.3) is 11.4 Å². The van der Waals surface area contributed by atoms with Crippen molar-refractivity contribution in [3.63, 3.8) is 0 Å². The first kappa shape index (κ1) is 13.7. The van der Waals surface area contributed by atoms with Gasteiger partial charge in [0.1, 0.15) is 5.82 Å². The Hall–Kier alpha value is -1.69. The minimum atomic E-state index is 0.254. The molecule has 0 spiro atoms.